The number of nitrogens with zero attached hydrogens (tertiary/aromatic N) is 3. The molecule has 5 rings (SSSR count). The molecule has 9 nitrogen and oxygen atoms in total. The maximum atomic E-state index is 13.3. The normalized spacial score (nSPS) is 17.0. The van der Waals surface area contributed by atoms with Crippen molar-refractivity contribution in [1.29, 1.82) is 0 Å². The molecule has 1 atom stereocenters. The Hall–Kier alpha value is -3.66. The number of rotatable bonds is 7. The number of carbonyl (C=O) groups excluding carboxylic acids is 2. The maximum absolute atomic E-state index is 13.3. The van der Waals surface area contributed by atoms with Crippen molar-refractivity contribution >= 4 is 39.4 Å². The number of fused-ring (bicyclic) bond motifs is 1. The highest BCUT2D eigenvalue weighted by Gasteiger charge is 2.28. The van der Waals surface area contributed by atoms with Crippen LogP contribution in [0.25, 0.3) is 0 Å². The van der Waals surface area contributed by atoms with Crippen LogP contribution in [0.15, 0.2) is 53.1 Å². The van der Waals surface area contributed by atoms with Gasteiger partial charge in [-0.05, 0) is 67.1 Å². The second-order valence-corrected chi connectivity index (χ2v) is 9.93. The number of halogens is 1. The number of amides is 2. The van der Waals surface area contributed by atoms with Crippen LogP contribution < -0.4 is 25.0 Å². The average molecular weight is 566 g/mol. The Kier molecular flexibility index (Phi) is 7.55. The first kappa shape index (κ1) is 25.0. The maximum Gasteiger partial charge on any atom is 0.259 e. The van der Waals surface area contributed by atoms with E-state index in [4.69, 9.17) is 9.47 Å². The summed E-state index contributed by atoms with van der Waals surface area (Å²) in [5, 5.41) is 5.69. The summed E-state index contributed by atoms with van der Waals surface area (Å²) >= 11 is 3.53. The molecule has 2 aliphatic heterocycles. The van der Waals surface area contributed by atoms with E-state index >= 15 is 0 Å². The van der Waals surface area contributed by atoms with E-state index in [1.807, 2.05) is 41.3 Å². The fraction of sp³-hybridized carbons (Fsp3) is 0.333. The summed E-state index contributed by atoms with van der Waals surface area (Å²) in [6, 6.07) is 13.0. The van der Waals surface area contributed by atoms with Crippen molar-refractivity contribution in [3.8, 4) is 11.6 Å². The number of ether oxygens (including phenoxy) is 2. The van der Waals surface area contributed by atoms with Gasteiger partial charge in [0.15, 0.2) is 0 Å². The smallest absolute Gasteiger partial charge is 0.259 e. The lowest BCUT2D eigenvalue weighted by molar-refractivity contribution is -0.122. The predicted molar refractivity (Wildman–Crippen MR) is 142 cm³/mol. The summed E-state index contributed by atoms with van der Waals surface area (Å²) in [4.78, 5) is 36.9. The molecular weight excluding hydrogens is 538 g/mol. The van der Waals surface area contributed by atoms with Crippen LogP contribution in [0.5, 0.6) is 11.6 Å². The van der Waals surface area contributed by atoms with Gasteiger partial charge < -0.3 is 25.0 Å². The zero-order chi connectivity index (χ0) is 25.8. The molecule has 0 aliphatic carbocycles. The molecule has 1 unspecified atom stereocenters. The molecule has 10 heteroatoms. The van der Waals surface area contributed by atoms with Gasteiger partial charge in [-0.3, -0.25) is 9.59 Å². The number of benzene rings is 2. The largest absolute Gasteiger partial charge is 0.497 e. The molecule has 2 N–H and O–H groups in total. The van der Waals surface area contributed by atoms with E-state index in [1.165, 1.54) is 11.8 Å². The summed E-state index contributed by atoms with van der Waals surface area (Å²) in [5.74, 6) is 0.694. The lowest BCUT2D eigenvalue weighted by Gasteiger charge is -2.20. The third-order valence-corrected chi connectivity index (χ3v) is 7.01. The van der Waals surface area contributed by atoms with Crippen LogP contribution in [0.3, 0.4) is 0 Å². The molecule has 2 amide bonds. The molecule has 1 saturated heterocycles. The monoisotopic (exact) mass is 565 g/mol. The highest BCUT2D eigenvalue weighted by atomic mass is 79.9. The van der Waals surface area contributed by atoms with Gasteiger partial charge >= 0.3 is 0 Å². The third-order valence-electron chi connectivity index (χ3n) is 6.51. The SMILES string of the molecule is COc1cccc(COc2nc(N3CCc4cc(Br)ccc43)ncc2C(=O)NC2CCCCNC2=O)c1. The van der Waals surface area contributed by atoms with Crippen molar-refractivity contribution in [3.05, 3.63) is 69.8 Å². The van der Waals surface area contributed by atoms with E-state index in [0.717, 1.165) is 41.5 Å². The lowest BCUT2D eigenvalue weighted by Crippen LogP contribution is -2.45. The molecule has 192 valence electrons. The number of hydrogen-bond donors (Lipinski definition) is 2. The van der Waals surface area contributed by atoms with Crippen molar-refractivity contribution in [2.75, 3.05) is 25.1 Å². The van der Waals surface area contributed by atoms with Gasteiger partial charge in [-0.1, -0.05) is 28.1 Å². The summed E-state index contributed by atoms with van der Waals surface area (Å²) in [6.45, 7) is 1.52. The first-order valence-electron chi connectivity index (χ1n) is 12.3. The van der Waals surface area contributed by atoms with Gasteiger partial charge in [0.2, 0.25) is 17.7 Å². The van der Waals surface area contributed by atoms with Gasteiger partial charge in [-0.15, -0.1) is 0 Å². The van der Waals surface area contributed by atoms with E-state index in [1.54, 1.807) is 7.11 Å². The zero-order valence-corrected chi connectivity index (χ0v) is 22.1. The van der Waals surface area contributed by atoms with Crippen LogP contribution in [0.4, 0.5) is 11.6 Å². The van der Waals surface area contributed by atoms with E-state index in [9.17, 15) is 9.59 Å². The van der Waals surface area contributed by atoms with Gasteiger partial charge in [0.1, 0.15) is 24.0 Å². The quantitative estimate of drug-likeness (QED) is 0.447. The Balaban J connectivity index is 1.43. The predicted octanol–water partition coefficient (Wildman–Crippen LogP) is 3.92. The molecule has 0 spiro atoms. The van der Waals surface area contributed by atoms with E-state index in [-0.39, 0.29) is 24.0 Å². The highest BCUT2D eigenvalue weighted by Crippen LogP contribution is 2.35. The van der Waals surface area contributed by atoms with Gasteiger partial charge in [0, 0.05) is 29.4 Å². The minimum atomic E-state index is -0.607. The Morgan fingerprint density at radius 3 is 3.00 bits per heavy atom. The molecule has 0 saturated carbocycles. The number of carbonyl (C=O) groups is 2. The molecule has 2 aliphatic rings. The second kappa shape index (κ2) is 11.2. The topological polar surface area (TPSA) is 106 Å². The van der Waals surface area contributed by atoms with Crippen molar-refractivity contribution < 1.29 is 19.1 Å². The van der Waals surface area contributed by atoms with Crippen LogP contribution >= 0.6 is 15.9 Å². The van der Waals surface area contributed by atoms with E-state index in [2.05, 4.69) is 42.6 Å². The molecule has 1 aromatic heterocycles. The van der Waals surface area contributed by atoms with Gasteiger partial charge in [-0.25, -0.2) is 4.98 Å². The van der Waals surface area contributed by atoms with E-state index < -0.39 is 11.9 Å². The van der Waals surface area contributed by atoms with Crippen molar-refractivity contribution in [1.82, 2.24) is 20.6 Å². The first-order valence-corrected chi connectivity index (χ1v) is 13.1. The van der Waals surface area contributed by atoms with Gasteiger partial charge in [0.05, 0.1) is 7.11 Å². The summed E-state index contributed by atoms with van der Waals surface area (Å²) in [5.41, 5.74) is 3.26. The van der Waals surface area contributed by atoms with Crippen LogP contribution in [-0.2, 0) is 17.8 Å². The fourth-order valence-corrected chi connectivity index (χ4v) is 4.97. The summed E-state index contributed by atoms with van der Waals surface area (Å²) in [6.07, 6.45) is 4.65. The third kappa shape index (κ3) is 5.69. The summed E-state index contributed by atoms with van der Waals surface area (Å²) < 4.78 is 12.4. The molecule has 1 fully saturated rings. The zero-order valence-electron chi connectivity index (χ0n) is 20.5. The molecule has 0 bridgehead atoms. The lowest BCUT2D eigenvalue weighted by atomic mass is 10.1. The Bertz CT molecular complexity index is 1320. The van der Waals surface area contributed by atoms with Crippen LogP contribution in [0, 0.1) is 0 Å². The Labute approximate surface area is 223 Å². The Morgan fingerprint density at radius 2 is 2.14 bits per heavy atom. The first-order chi connectivity index (χ1) is 18.0. The molecule has 0 radical (unpaired) electrons. The van der Waals surface area contributed by atoms with Gasteiger partial charge in [0.25, 0.3) is 5.91 Å². The fourth-order valence-electron chi connectivity index (χ4n) is 4.56. The molecule has 3 heterocycles. The average Bonchev–Trinajstić information content (AvgIpc) is 3.23. The van der Waals surface area contributed by atoms with Crippen LogP contribution in [-0.4, -0.2) is 48.0 Å². The number of hydrogen-bond acceptors (Lipinski definition) is 7. The van der Waals surface area contributed by atoms with Crippen molar-refractivity contribution in [3.63, 3.8) is 0 Å². The summed E-state index contributed by atoms with van der Waals surface area (Å²) in [7, 11) is 1.61. The van der Waals surface area contributed by atoms with Crippen LogP contribution in [0.2, 0.25) is 0 Å². The van der Waals surface area contributed by atoms with E-state index in [0.29, 0.717) is 24.7 Å². The number of anilines is 2. The second-order valence-electron chi connectivity index (χ2n) is 9.02. The van der Waals surface area contributed by atoms with Crippen LogP contribution in [0.1, 0.15) is 40.7 Å². The van der Waals surface area contributed by atoms with Crippen molar-refractivity contribution in [2.24, 2.45) is 0 Å². The molecule has 3 aromatic rings. The number of nitrogens with one attached hydrogen (secondary N) is 2. The standard InChI is InChI=1S/C27H28BrN5O4/c1-36-20-6-4-5-17(13-20)16-37-26-21(24(34)31-22-7-2-3-11-29-25(22)35)15-30-27(32-26)33-12-10-18-14-19(28)8-9-23(18)33/h4-6,8-9,13-15,22H,2-3,7,10-12,16H2,1H3,(H,29,35)(H,31,34). The highest BCUT2D eigenvalue weighted by molar-refractivity contribution is 9.10. The molecular formula is C27H28BrN5O4. The van der Waals surface area contributed by atoms with Gasteiger partial charge in [-0.2, -0.15) is 4.98 Å². The minimum absolute atomic E-state index is 0.157. The Morgan fingerprint density at radius 1 is 1.24 bits per heavy atom. The minimum Gasteiger partial charge on any atom is -0.497 e. The number of aromatic nitrogens is 2. The number of methoxy groups -OCH3 is 1. The van der Waals surface area contributed by atoms with Crippen molar-refractivity contribution in [2.45, 2.75) is 38.3 Å². The molecule has 37 heavy (non-hydrogen) atoms. The molecule has 2 aromatic carbocycles.